The van der Waals surface area contributed by atoms with Gasteiger partial charge in [0, 0.05) is 30.7 Å². The third kappa shape index (κ3) is 3.71. The summed E-state index contributed by atoms with van der Waals surface area (Å²) in [5, 5.41) is 3.74. The molecule has 108 valence electrons. The highest BCUT2D eigenvalue weighted by atomic mass is 15.3. The van der Waals surface area contributed by atoms with E-state index in [1.807, 2.05) is 0 Å². The Labute approximate surface area is 115 Å². The van der Waals surface area contributed by atoms with Gasteiger partial charge in [0.2, 0.25) is 0 Å². The van der Waals surface area contributed by atoms with E-state index in [1.165, 1.54) is 38.8 Å². The van der Waals surface area contributed by atoms with Crippen molar-refractivity contribution in [1.29, 1.82) is 0 Å². The molecule has 1 aliphatic heterocycles. The minimum atomic E-state index is 0.264. The minimum absolute atomic E-state index is 0.264. The van der Waals surface area contributed by atoms with Crippen molar-refractivity contribution in [3.8, 4) is 0 Å². The first-order valence-corrected chi connectivity index (χ1v) is 7.89. The normalized spacial score (nSPS) is 25.0. The molecule has 0 aliphatic carbocycles. The smallest absolute Gasteiger partial charge is 0.0329 e. The van der Waals surface area contributed by atoms with Crippen LogP contribution in [0.2, 0.25) is 0 Å². The van der Waals surface area contributed by atoms with Gasteiger partial charge in [0.25, 0.3) is 0 Å². The molecule has 0 amide bonds. The molecule has 1 rings (SSSR count). The average molecular weight is 254 g/mol. The quantitative estimate of drug-likeness (QED) is 0.778. The van der Waals surface area contributed by atoms with Crippen molar-refractivity contribution >= 4 is 0 Å². The Kier molecular flexibility index (Phi) is 5.67. The molecule has 0 aromatic rings. The fraction of sp³-hybridized carbons (Fsp3) is 1.00. The van der Waals surface area contributed by atoms with Crippen molar-refractivity contribution in [3.63, 3.8) is 0 Å². The van der Waals surface area contributed by atoms with E-state index in [4.69, 9.17) is 0 Å². The zero-order valence-corrected chi connectivity index (χ0v) is 13.5. The molecule has 0 radical (unpaired) electrons. The molecule has 1 N–H and O–H groups in total. The van der Waals surface area contributed by atoms with Gasteiger partial charge in [0.1, 0.15) is 0 Å². The molecule has 1 fully saturated rings. The molecule has 0 bridgehead atoms. The lowest BCUT2D eigenvalue weighted by atomic mass is 9.83. The molecule has 2 nitrogen and oxygen atoms in total. The Bertz CT molecular complexity index is 243. The van der Waals surface area contributed by atoms with Gasteiger partial charge in [0.15, 0.2) is 0 Å². The summed E-state index contributed by atoms with van der Waals surface area (Å²) in [5.74, 6) is 0.821. The zero-order chi connectivity index (χ0) is 13.8. The highest BCUT2D eigenvalue weighted by Gasteiger charge is 2.41. The Morgan fingerprint density at radius 2 is 1.78 bits per heavy atom. The standard InChI is InChI=1S/C16H34N2/c1-7-10-14(4)11-18-13-15(5,6)17-12-16(18,8-2)9-3/h14,17H,7-13H2,1-6H3. The summed E-state index contributed by atoms with van der Waals surface area (Å²) in [5.41, 5.74) is 0.650. The van der Waals surface area contributed by atoms with Crippen LogP contribution in [0.3, 0.4) is 0 Å². The monoisotopic (exact) mass is 254 g/mol. The first kappa shape index (κ1) is 16.0. The highest BCUT2D eigenvalue weighted by Crippen LogP contribution is 2.31. The summed E-state index contributed by atoms with van der Waals surface area (Å²) in [4.78, 5) is 2.78. The number of nitrogens with zero attached hydrogens (tertiary/aromatic N) is 1. The van der Waals surface area contributed by atoms with Crippen molar-refractivity contribution in [2.24, 2.45) is 5.92 Å². The van der Waals surface area contributed by atoms with Crippen LogP contribution in [0.4, 0.5) is 0 Å². The average Bonchev–Trinajstić information content (AvgIpc) is 2.30. The predicted octanol–water partition coefficient (Wildman–Crippen LogP) is 3.67. The summed E-state index contributed by atoms with van der Waals surface area (Å²) < 4.78 is 0. The number of rotatable bonds is 6. The first-order valence-electron chi connectivity index (χ1n) is 7.89. The summed E-state index contributed by atoms with van der Waals surface area (Å²) >= 11 is 0. The second kappa shape index (κ2) is 6.38. The van der Waals surface area contributed by atoms with Crippen LogP contribution in [-0.4, -0.2) is 35.6 Å². The molecule has 1 saturated heterocycles. The molecule has 1 unspecified atom stereocenters. The van der Waals surface area contributed by atoms with Gasteiger partial charge in [-0.2, -0.15) is 0 Å². The van der Waals surface area contributed by atoms with E-state index < -0.39 is 0 Å². The summed E-state index contributed by atoms with van der Waals surface area (Å²) in [6.45, 7) is 17.7. The maximum Gasteiger partial charge on any atom is 0.0329 e. The fourth-order valence-corrected chi connectivity index (χ4v) is 3.38. The third-order valence-electron chi connectivity index (χ3n) is 4.78. The van der Waals surface area contributed by atoms with Crippen LogP contribution in [0.25, 0.3) is 0 Å². The van der Waals surface area contributed by atoms with Gasteiger partial charge < -0.3 is 5.32 Å². The van der Waals surface area contributed by atoms with E-state index in [1.54, 1.807) is 0 Å². The molecule has 0 spiro atoms. The van der Waals surface area contributed by atoms with Gasteiger partial charge in [0.05, 0.1) is 0 Å². The van der Waals surface area contributed by atoms with Gasteiger partial charge in [-0.1, -0.05) is 34.1 Å². The second-order valence-electron chi connectivity index (χ2n) is 6.94. The molecule has 2 heteroatoms. The van der Waals surface area contributed by atoms with Crippen LogP contribution in [0.1, 0.15) is 67.2 Å². The number of nitrogens with one attached hydrogen (secondary N) is 1. The molecule has 1 atom stereocenters. The maximum absolute atomic E-state index is 3.74. The predicted molar refractivity (Wildman–Crippen MR) is 81.0 cm³/mol. The van der Waals surface area contributed by atoms with Crippen LogP contribution < -0.4 is 5.32 Å². The van der Waals surface area contributed by atoms with E-state index in [0.717, 1.165) is 12.5 Å². The lowest BCUT2D eigenvalue weighted by molar-refractivity contribution is -0.00148. The van der Waals surface area contributed by atoms with Crippen LogP contribution in [-0.2, 0) is 0 Å². The van der Waals surface area contributed by atoms with Gasteiger partial charge >= 0.3 is 0 Å². The molecule has 0 aromatic heterocycles. The molecular weight excluding hydrogens is 220 g/mol. The van der Waals surface area contributed by atoms with Crippen molar-refractivity contribution in [2.45, 2.75) is 78.3 Å². The Morgan fingerprint density at radius 1 is 1.17 bits per heavy atom. The van der Waals surface area contributed by atoms with Crippen LogP contribution in [0, 0.1) is 5.92 Å². The topological polar surface area (TPSA) is 15.3 Å². The number of piperazine rings is 1. The van der Waals surface area contributed by atoms with Crippen molar-refractivity contribution in [3.05, 3.63) is 0 Å². The summed E-state index contributed by atoms with van der Waals surface area (Å²) in [7, 11) is 0. The largest absolute Gasteiger partial charge is 0.309 e. The van der Waals surface area contributed by atoms with Gasteiger partial charge in [-0.3, -0.25) is 4.90 Å². The second-order valence-corrected chi connectivity index (χ2v) is 6.94. The van der Waals surface area contributed by atoms with E-state index >= 15 is 0 Å². The van der Waals surface area contributed by atoms with Crippen LogP contribution in [0.5, 0.6) is 0 Å². The maximum atomic E-state index is 3.74. The molecule has 1 heterocycles. The van der Waals surface area contributed by atoms with Crippen LogP contribution >= 0.6 is 0 Å². The van der Waals surface area contributed by atoms with Crippen LogP contribution in [0.15, 0.2) is 0 Å². The van der Waals surface area contributed by atoms with Crippen molar-refractivity contribution < 1.29 is 0 Å². The molecule has 0 saturated carbocycles. The van der Waals surface area contributed by atoms with E-state index in [9.17, 15) is 0 Å². The summed E-state index contributed by atoms with van der Waals surface area (Å²) in [6, 6.07) is 0. The van der Waals surface area contributed by atoms with E-state index in [-0.39, 0.29) is 5.54 Å². The Morgan fingerprint density at radius 3 is 2.28 bits per heavy atom. The van der Waals surface area contributed by atoms with E-state index in [0.29, 0.717) is 5.54 Å². The van der Waals surface area contributed by atoms with Crippen molar-refractivity contribution in [1.82, 2.24) is 10.2 Å². The van der Waals surface area contributed by atoms with Crippen molar-refractivity contribution in [2.75, 3.05) is 19.6 Å². The Balaban J connectivity index is 2.77. The lowest BCUT2D eigenvalue weighted by Crippen LogP contribution is -2.68. The molecule has 18 heavy (non-hydrogen) atoms. The first-order chi connectivity index (χ1) is 8.39. The summed E-state index contributed by atoms with van der Waals surface area (Å²) in [6.07, 6.45) is 5.17. The molecular formula is C16H34N2. The molecule has 0 aromatic carbocycles. The van der Waals surface area contributed by atoms with Gasteiger partial charge in [-0.25, -0.2) is 0 Å². The Hall–Kier alpha value is -0.0800. The fourth-order valence-electron chi connectivity index (χ4n) is 3.38. The van der Waals surface area contributed by atoms with Gasteiger partial charge in [-0.05, 0) is 39.0 Å². The lowest BCUT2D eigenvalue weighted by Gasteiger charge is -2.53. The highest BCUT2D eigenvalue weighted by molar-refractivity contribution is 5.01. The number of hydrogen-bond donors (Lipinski definition) is 1. The minimum Gasteiger partial charge on any atom is -0.309 e. The van der Waals surface area contributed by atoms with E-state index in [2.05, 4.69) is 51.8 Å². The third-order valence-corrected chi connectivity index (χ3v) is 4.78. The zero-order valence-electron chi connectivity index (χ0n) is 13.5. The number of hydrogen-bond acceptors (Lipinski definition) is 2. The SMILES string of the molecule is CCCC(C)CN1CC(C)(C)NCC1(CC)CC. The molecule has 1 aliphatic rings. The van der Waals surface area contributed by atoms with Gasteiger partial charge in [-0.15, -0.1) is 0 Å².